The molecule has 0 saturated carbocycles. The number of carbonyl (C=O) groups is 1. The van der Waals surface area contributed by atoms with Crippen LogP contribution in [-0.4, -0.2) is 38.2 Å². The summed E-state index contributed by atoms with van der Waals surface area (Å²) in [4.78, 5) is 15.8. The van der Waals surface area contributed by atoms with Gasteiger partial charge in [0.1, 0.15) is 12.4 Å². The summed E-state index contributed by atoms with van der Waals surface area (Å²) in [5.41, 5.74) is 5.13. The highest BCUT2D eigenvalue weighted by atomic mass is 16.5. The summed E-state index contributed by atoms with van der Waals surface area (Å²) in [6.07, 6.45) is 0.731. The van der Waals surface area contributed by atoms with Crippen molar-refractivity contribution in [1.29, 1.82) is 0 Å². The fraction of sp³-hybridized carbons (Fsp3) is 0.258. The highest BCUT2D eigenvalue weighted by molar-refractivity contribution is 5.99. The summed E-state index contributed by atoms with van der Waals surface area (Å²) in [6, 6.07) is 23.9. The second-order valence-electron chi connectivity index (χ2n) is 9.37. The fourth-order valence-corrected chi connectivity index (χ4v) is 5.13. The fourth-order valence-electron chi connectivity index (χ4n) is 5.13. The average Bonchev–Trinajstić information content (AvgIpc) is 2.89. The third kappa shape index (κ3) is 4.61. The van der Waals surface area contributed by atoms with E-state index in [-0.39, 0.29) is 11.9 Å². The quantitative estimate of drug-likeness (QED) is 0.325. The SMILES string of the molecule is COc1cc2c(cc1OC)[C@@H](COc1cc(C)cc(C)c1)N(C(=O)c1ccc3ccccc3c1)CC2. The van der Waals surface area contributed by atoms with E-state index in [2.05, 4.69) is 26.0 Å². The van der Waals surface area contributed by atoms with Gasteiger partial charge in [-0.1, -0.05) is 36.4 Å². The number of carbonyl (C=O) groups excluding carboxylic acids is 1. The second kappa shape index (κ2) is 9.94. The number of aryl methyl sites for hydroxylation is 2. The predicted molar refractivity (Wildman–Crippen MR) is 142 cm³/mol. The van der Waals surface area contributed by atoms with Crippen molar-refractivity contribution < 1.29 is 19.0 Å². The molecule has 4 aromatic carbocycles. The van der Waals surface area contributed by atoms with Gasteiger partial charge in [0.15, 0.2) is 11.5 Å². The Hall–Kier alpha value is -3.99. The third-order valence-corrected chi connectivity index (χ3v) is 6.86. The summed E-state index contributed by atoms with van der Waals surface area (Å²) in [5.74, 6) is 2.14. The van der Waals surface area contributed by atoms with Crippen molar-refractivity contribution in [1.82, 2.24) is 4.90 Å². The molecule has 1 amide bonds. The van der Waals surface area contributed by atoms with E-state index in [0.717, 1.165) is 45.2 Å². The van der Waals surface area contributed by atoms with Gasteiger partial charge in [-0.2, -0.15) is 0 Å². The van der Waals surface area contributed by atoms with Crippen LogP contribution in [0, 0.1) is 13.8 Å². The third-order valence-electron chi connectivity index (χ3n) is 6.86. The number of benzene rings is 4. The number of fused-ring (bicyclic) bond motifs is 2. The lowest BCUT2D eigenvalue weighted by Gasteiger charge is -2.37. The first-order chi connectivity index (χ1) is 17.5. The van der Waals surface area contributed by atoms with Crippen LogP contribution < -0.4 is 14.2 Å². The van der Waals surface area contributed by atoms with Crippen molar-refractivity contribution in [3.8, 4) is 17.2 Å². The van der Waals surface area contributed by atoms with Crippen molar-refractivity contribution in [2.75, 3.05) is 27.4 Å². The molecule has 1 atom stereocenters. The number of rotatable bonds is 6. The van der Waals surface area contributed by atoms with Gasteiger partial charge in [-0.25, -0.2) is 0 Å². The van der Waals surface area contributed by atoms with Gasteiger partial charge in [0.25, 0.3) is 5.91 Å². The Morgan fingerprint density at radius 1 is 0.861 bits per heavy atom. The summed E-state index contributed by atoms with van der Waals surface area (Å²) in [6.45, 7) is 5.05. The number of methoxy groups -OCH3 is 2. The maximum atomic E-state index is 13.9. The van der Waals surface area contributed by atoms with Crippen LogP contribution in [0.15, 0.2) is 72.8 Å². The summed E-state index contributed by atoms with van der Waals surface area (Å²) in [5, 5.41) is 2.17. The van der Waals surface area contributed by atoms with Gasteiger partial charge in [-0.3, -0.25) is 4.79 Å². The van der Waals surface area contributed by atoms with Crippen molar-refractivity contribution >= 4 is 16.7 Å². The van der Waals surface area contributed by atoms with Crippen molar-refractivity contribution in [2.24, 2.45) is 0 Å². The number of hydrogen-bond acceptors (Lipinski definition) is 4. The first kappa shape index (κ1) is 23.7. The van der Waals surface area contributed by atoms with Crippen molar-refractivity contribution in [3.63, 3.8) is 0 Å². The predicted octanol–water partition coefficient (Wildman–Crippen LogP) is 6.29. The molecule has 1 aliphatic heterocycles. The molecule has 4 aromatic rings. The highest BCUT2D eigenvalue weighted by Crippen LogP contribution is 2.39. The van der Waals surface area contributed by atoms with E-state index in [4.69, 9.17) is 14.2 Å². The summed E-state index contributed by atoms with van der Waals surface area (Å²) < 4.78 is 17.5. The summed E-state index contributed by atoms with van der Waals surface area (Å²) >= 11 is 0. The van der Waals surface area contributed by atoms with Gasteiger partial charge < -0.3 is 19.1 Å². The molecular formula is C31H31NO4. The van der Waals surface area contributed by atoms with E-state index in [0.29, 0.717) is 30.2 Å². The molecule has 1 aliphatic rings. The van der Waals surface area contributed by atoms with E-state index in [1.54, 1.807) is 14.2 Å². The molecule has 0 unspecified atom stereocenters. The summed E-state index contributed by atoms with van der Waals surface area (Å²) in [7, 11) is 3.27. The molecule has 0 aromatic heterocycles. The van der Waals surface area contributed by atoms with Crippen LogP contribution in [0.25, 0.3) is 10.8 Å². The molecule has 36 heavy (non-hydrogen) atoms. The van der Waals surface area contributed by atoms with E-state index in [1.807, 2.05) is 65.6 Å². The molecule has 0 bridgehead atoms. The lowest BCUT2D eigenvalue weighted by molar-refractivity contribution is 0.0589. The van der Waals surface area contributed by atoms with Crippen LogP contribution in [0.1, 0.15) is 38.7 Å². The standard InChI is InChI=1S/C31H31NO4/c1-20-13-21(2)15-26(14-20)36-19-28-27-18-30(35-4)29(34-3)17-24(27)11-12-32(28)31(33)25-10-9-22-7-5-6-8-23(22)16-25/h5-10,13-18,28H,11-12,19H2,1-4H3/t28-/m1/s1. The number of nitrogens with zero attached hydrogens (tertiary/aromatic N) is 1. The molecule has 0 N–H and O–H groups in total. The van der Waals surface area contributed by atoms with Crippen LogP contribution in [0.3, 0.4) is 0 Å². The molecule has 5 heteroatoms. The Balaban J connectivity index is 1.53. The zero-order chi connectivity index (χ0) is 25.2. The maximum Gasteiger partial charge on any atom is 0.254 e. The largest absolute Gasteiger partial charge is 0.493 e. The van der Waals surface area contributed by atoms with Gasteiger partial charge in [0, 0.05) is 12.1 Å². The number of amides is 1. The van der Waals surface area contributed by atoms with Gasteiger partial charge in [-0.05, 0) is 89.7 Å². The lowest BCUT2D eigenvalue weighted by Crippen LogP contribution is -2.42. The lowest BCUT2D eigenvalue weighted by atomic mass is 9.91. The maximum absolute atomic E-state index is 13.9. The minimum absolute atomic E-state index is 0.00443. The number of hydrogen-bond donors (Lipinski definition) is 0. The van der Waals surface area contributed by atoms with Gasteiger partial charge in [-0.15, -0.1) is 0 Å². The van der Waals surface area contributed by atoms with E-state index in [1.165, 1.54) is 0 Å². The van der Waals surface area contributed by atoms with Crippen LogP contribution in [0.2, 0.25) is 0 Å². The molecule has 184 valence electrons. The average molecular weight is 482 g/mol. The topological polar surface area (TPSA) is 48.0 Å². The van der Waals surface area contributed by atoms with Gasteiger partial charge in [0.2, 0.25) is 0 Å². The van der Waals surface area contributed by atoms with E-state index < -0.39 is 0 Å². The van der Waals surface area contributed by atoms with Crippen molar-refractivity contribution in [2.45, 2.75) is 26.3 Å². The Morgan fingerprint density at radius 2 is 1.56 bits per heavy atom. The van der Waals surface area contributed by atoms with E-state index in [9.17, 15) is 4.79 Å². The normalized spacial score (nSPS) is 14.9. The molecule has 5 nitrogen and oxygen atoms in total. The zero-order valence-electron chi connectivity index (χ0n) is 21.2. The van der Waals surface area contributed by atoms with E-state index >= 15 is 0 Å². The first-order valence-electron chi connectivity index (χ1n) is 12.2. The van der Waals surface area contributed by atoms with Crippen LogP contribution in [0.4, 0.5) is 0 Å². The Bertz CT molecular complexity index is 1410. The van der Waals surface area contributed by atoms with Crippen molar-refractivity contribution in [3.05, 3.63) is 101 Å². The smallest absolute Gasteiger partial charge is 0.254 e. The molecule has 5 rings (SSSR count). The highest BCUT2D eigenvalue weighted by Gasteiger charge is 2.33. The molecular weight excluding hydrogens is 450 g/mol. The van der Waals surface area contributed by atoms with Crippen LogP contribution >= 0.6 is 0 Å². The molecule has 1 heterocycles. The number of ether oxygens (including phenoxy) is 3. The Morgan fingerprint density at radius 3 is 2.28 bits per heavy atom. The molecule has 0 spiro atoms. The molecule has 0 saturated heterocycles. The van der Waals surface area contributed by atoms with Gasteiger partial charge in [0.05, 0.1) is 20.3 Å². The minimum Gasteiger partial charge on any atom is -0.493 e. The first-order valence-corrected chi connectivity index (χ1v) is 12.2. The Kier molecular flexibility index (Phi) is 6.55. The monoisotopic (exact) mass is 481 g/mol. The van der Waals surface area contributed by atoms with Crippen LogP contribution in [0.5, 0.6) is 17.2 Å². The molecule has 0 radical (unpaired) electrons. The van der Waals surface area contributed by atoms with Gasteiger partial charge >= 0.3 is 0 Å². The Labute approximate surface area is 212 Å². The van der Waals surface area contributed by atoms with Crippen LogP contribution in [-0.2, 0) is 6.42 Å². The minimum atomic E-state index is -0.270. The zero-order valence-corrected chi connectivity index (χ0v) is 21.2. The molecule has 0 aliphatic carbocycles. The second-order valence-corrected chi connectivity index (χ2v) is 9.37. The molecule has 0 fully saturated rings.